The average Bonchev–Trinajstić information content (AvgIpc) is 2.60. The minimum Gasteiger partial charge on any atom is -0.337 e. The third kappa shape index (κ3) is 3.64. The third-order valence-electron chi connectivity index (χ3n) is 4.67. The van der Waals surface area contributed by atoms with E-state index in [-0.39, 0.29) is 5.91 Å². The molecule has 0 N–H and O–H groups in total. The molecule has 0 aliphatic carbocycles. The number of amides is 1. The van der Waals surface area contributed by atoms with Crippen LogP contribution in [0, 0.1) is 12.5 Å². The lowest BCUT2D eigenvalue weighted by Crippen LogP contribution is -2.40. The molecule has 1 saturated heterocycles. The highest BCUT2D eigenvalue weighted by Gasteiger charge is 2.32. The van der Waals surface area contributed by atoms with Gasteiger partial charge in [-0.1, -0.05) is 67.6 Å². The molecule has 2 heteroatoms. The third-order valence-corrected chi connectivity index (χ3v) is 4.67. The highest BCUT2D eigenvalue weighted by atomic mass is 16.2. The fraction of sp³-hybridized carbons (Fsp3) is 0.333. The first-order chi connectivity index (χ1) is 11.3. The van der Waals surface area contributed by atoms with Crippen molar-refractivity contribution in [2.45, 2.75) is 32.1 Å². The zero-order chi connectivity index (χ0) is 16.1. The molecule has 1 unspecified atom stereocenters. The molecule has 1 aliphatic rings. The Labute approximate surface area is 139 Å². The molecule has 1 radical (unpaired) electrons. The second-order valence-electron chi connectivity index (χ2n) is 6.23. The lowest BCUT2D eigenvalue weighted by molar-refractivity contribution is -0.133. The van der Waals surface area contributed by atoms with E-state index in [0.29, 0.717) is 18.3 Å². The molecule has 2 aromatic carbocycles. The van der Waals surface area contributed by atoms with E-state index >= 15 is 0 Å². The number of rotatable bonds is 5. The summed E-state index contributed by atoms with van der Waals surface area (Å²) in [6.45, 7) is 4.95. The van der Waals surface area contributed by atoms with E-state index in [2.05, 4.69) is 67.6 Å². The number of nitrogens with zero attached hydrogens (tertiary/aromatic N) is 1. The van der Waals surface area contributed by atoms with Crippen molar-refractivity contribution in [2.24, 2.45) is 5.92 Å². The van der Waals surface area contributed by atoms with E-state index in [1.807, 2.05) is 11.4 Å². The van der Waals surface area contributed by atoms with Gasteiger partial charge in [0.2, 0.25) is 5.91 Å². The quantitative estimate of drug-likeness (QED) is 0.788. The standard InChI is InChI=1S/C21H24NO/c1-2-15-22-16-19(13-14-20(22)23)21(17-9-5-3-6-10-17)18-11-7-4-8-12-18/h3-12,15,19,21H,2,13-14,16H2,1H3. The van der Waals surface area contributed by atoms with E-state index in [0.717, 1.165) is 19.4 Å². The predicted molar refractivity (Wildman–Crippen MR) is 93.8 cm³/mol. The Kier molecular flexibility index (Phi) is 5.12. The van der Waals surface area contributed by atoms with Crippen LogP contribution < -0.4 is 0 Å². The number of hydrogen-bond acceptors (Lipinski definition) is 1. The van der Waals surface area contributed by atoms with Gasteiger partial charge in [-0.15, -0.1) is 0 Å². The van der Waals surface area contributed by atoms with Gasteiger partial charge in [-0.25, -0.2) is 0 Å². The van der Waals surface area contributed by atoms with Crippen LogP contribution in [0.5, 0.6) is 0 Å². The lowest BCUT2D eigenvalue weighted by atomic mass is 9.77. The number of benzene rings is 2. The average molecular weight is 306 g/mol. The summed E-state index contributed by atoms with van der Waals surface area (Å²) in [6.07, 6.45) is 2.51. The van der Waals surface area contributed by atoms with E-state index < -0.39 is 0 Å². The van der Waals surface area contributed by atoms with Gasteiger partial charge in [-0.05, 0) is 29.9 Å². The van der Waals surface area contributed by atoms with Gasteiger partial charge < -0.3 is 4.90 Å². The minimum atomic E-state index is 0.267. The maximum absolute atomic E-state index is 12.1. The maximum Gasteiger partial charge on any atom is 0.222 e. The Morgan fingerprint density at radius 1 is 1.04 bits per heavy atom. The van der Waals surface area contributed by atoms with E-state index in [4.69, 9.17) is 0 Å². The summed E-state index contributed by atoms with van der Waals surface area (Å²) in [5.74, 6) is 1.07. The second-order valence-corrected chi connectivity index (χ2v) is 6.23. The van der Waals surface area contributed by atoms with Crippen LogP contribution in [0.3, 0.4) is 0 Å². The monoisotopic (exact) mass is 306 g/mol. The van der Waals surface area contributed by atoms with Crippen molar-refractivity contribution >= 4 is 5.91 Å². The fourth-order valence-electron chi connectivity index (χ4n) is 3.62. The summed E-state index contributed by atoms with van der Waals surface area (Å²) in [6, 6.07) is 21.4. The topological polar surface area (TPSA) is 20.3 Å². The van der Waals surface area contributed by atoms with Gasteiger partial charge in [0.15, 0.2) is 0 Å². The molecule has 3 rings (SSSR count). The van der Waals surface area contributed by atoms with Gasteiger partial charge in [-0.2, -0.15) is 0 Å². The van der Waals surface area contributed by atoms with Gasteiger partial charge in [0, 0.05) is 18.9 Å². The van der Waals surface area contributed by atoms with Crippen LogP contribution in [0.25, 0.3) is 0 Å². The normalized spacial score (nSPS) is 18.4. The van der Waals surface area contributed by atoms with Crippen LogP contribution >= 0.6 is 0 Å². The smallest absolute Gasteiger partial charge is 0.222 e. The second kappa shape index (κ2) is 7.45. The summed E-state index contributed by atoms with van der Waals surface area (Å²) >= 11 is 0. The van der Waals surface area contributed by atoms with Crippen molar-refractivity contribution in [3.63, 3.8) is 0 Å². The number of hydrogen-bond donors (Lipinski definition) is 0. The van der Waals surface area contributed by atoms with Gasteiger partial charge in [-0.3, -0.25) is 4.79 Å². The summed E-state index contributed by atoms with van der Waals surface area (Å²) in [7, 11) is 0. The molecule has 2 aromatic rings. The van der Waals surface area contributed by atoms with Gasteiger partial charge >= 0.3 is 0 Å². The first-order valence-corrected chi connectivity index (χ1v) is 8.52. The van der Waals surface area contributed by atoms with E-state index in [1.54, 1.807) is 0 Å². The van der Waals surface area contributed by atoms with Crippen molar-refractivity contribution < 1.29 is 4.79 Å². The van der Waals surface area contributed by atoms with E-state index in [1.165, 1.54) is 11.1 Å². The number of carbonyl (C=O) groups excluding carboxylic acids is 1. The molecular formula is C21H24NO. The fourth-order valence-corrected chi connectivity index (χ4v) is 3.62. The molecule has 1 atom stereocenters. The van der Waals surface area contributed by atoms with Crippen LogP contribution in [0.4, 0.5) is 0 Å². The Morgan fingerprint density at radius 3 is 2.13 bits per heavy atom. The lowest BCUT2D eigenvalue weighted by Gasteiger charge is -2.37. The molecule has 2 nitrogen and oxygen atoms in total. The van der Waals surface area contributed by atoms with E-state index in [9.17, 15) is 4.79 Å². The Bertz CT molecular complexity index is 583. The van der Waals surface area contributed by atoms with Gasteiger partial charge in [0.05, 0.1) is 6.54 Å². The number of carbonyl (C=O) groups is 1. The summed E-state index contributed by atoms with van der Waals surface area (Å²) < 4.78 is 0. The summed E-state index contributed by atoms with van der Waals surface area (Å²) in [5, 5.41) is 0. The van der Waals surface area contributed by atoms with Crippen molar-refractivity contribution in [1.29, 1.82) is 0 Å². The highest BCUT2D eigenvalue weighted by molar-refractivity contribution is 5.77. The molecule has 1 heterocycles. The SMILES string of the molecule is CC[CH]N1CC(C(c2ccccc2)c2ccccc2)CCC1=O. The highest BCUT2D eigenvalue weighted by Crippen LogP contribution is 2.37. The molecule has 0 spiro atoms. The van der Waals surface area contributed by atoms with Gasteiger partial charge in [0.25, 0.3) is 0 Å². The Morgan fingerprint density at radius 2 is 1.61 bits per heavy atom. The zero-order valence-electron chi connectivity index (χ0n) is 13.7. The molecule has 1 aliphatic heterocycles. The molecule has 1 fully saturated rings. The largest absolute Gasteiger partial charge is 0.337 e. The molecule has 0 saturated carbocycles. The van der Waals surface area contributed by atoms with Crippen LogP contribution in [0.1, 0.15) is 43.2 Å². The molecule has 119 valence electrons. The molecule has 0 bridgehead atoms. The maximum atomic E-state index is 12.1. The van der Waals surface area contributed by atoms with Gasteiger partial charge in [0.1, 0.15) is 0 Å². The van der Waals surface area contributed by atoms with Crippen LogP contribution in [0.2, 0.25) is 0 Å². The van der Waals surface area contributed by atoms with Crippen LogP contribution in [-0.2, 0) is 4.79 Å². The zero-order valence-corrected chi connectivity index (χ0v) is 13.7. The summed E-state index contributed by atoms with van der Waals surface area (Å²) in [5.41, 5.74) is 2.68. The molecule has 0 aromatic heterocycles. The predicted octanol–water partition coefficient (Wildman–Crippen LogP) is 4.63. The first-order valence-electron chi connectivity index (χ1n) is 8.52. The number of piperidine rings is 1. The van der Waals surface area contributed by atoms with Crippen molar-refractivity contribution in [1.82, 2.24) is 4.90 Å². The minimum absolute atomic E-state index is 0.267. The van der Waals surface area contributed by atoms with Crippen LogP contribution in [0.15, 0.2) is 60.7 Å². The Balaban J connectivity index is 1.91. The molecular weight excluding hydrogens is 282 g/mol. The molecule has 1 amide bonds. The Hall–Kier alpha value is -2.09. The first kappa shape index (κ1) is 15.8. The van der Waals surface area contributed by atoms with Crippen molar-refractivity contribution in [3.8, 4) is 0 Å². The summed E-state index contributed by atoms with van der Waals surface area (Å²) in [4.78, 5) is 14.1. The molecule has 23 heavy (non-hydrogen) atoms. The van der Waals surface area contributed by atoms with Crippen molar-refractivity contribution in [3.05, 3.63) is 78.3 Å². The number of likely N-dealkylation sites (tertiary alicyclic amines) is 1. The van der Waals surface area contributed by atoms with Crippen LogP contribution in [-0.4, -0.2) is 17.4 Å². The van der Waals surface area contributed by atoms with Crippen molar-refractivity contribution in [2.75, 3.05) is 6.54 Å².